The van der Waals surface area contributed by atoms with Gasteiger partial charge in [0.1, 0.15) is 28.5 Å². The highest BCUT2D eigenvalue weighted by Crippen LogP contribution is 2.44. The van der Waals surface area contributed by atoms with Gasteiger partial charge in [-0.05, 0) is 43.5 Å². The Bertz CT molecular complexity index is 1360. The number of hydrogen-bond acceptors (Lipinski definition) is 6. The second-order valence-electron chi connectivity index (χ2n) is 9.33. The second-order valence-corrected chi connectivity index (χ2v) is 10.5. The number of anilines is 1. The first-order chi connectivity index (χ1) is 18.6. The van der Waals surface area contributed by atoms with Crippen molar-refractivity contribution in [3.8, 4) is 5.75 Å². The Balaban J connectivity index is 1.49. The number of nitrogens with zero attached hydrogens (tertiary/aromatic N) is 2. The van der Waals surface area contributed by atoms with E-state index in [0.717, 1.165) is 42.0 Å². The summed E-state index contributed by atoms with van der Waals surface area (Å²) in [5.41, 5.74) is -1.99. The first-order valence-electron chi connectivity index (χ1n) is 11.6. The van der Waals surface area contributed by atoms with E-state index >= 15 is 0 Å². The fourth-order valence-corrected chi connectivity index (χ4v) is 5.49. The van der Waals surface area contributed by atoms with Crippen molar-refractivity contribution in [1.82, 2.24) is 19.5 Å². The van der Waals surface area contributed by atoms with Crippen LogP contribution in [-0.4, -0.2) is 64.6 Å². The predicted molar refractivity (Wildman–Crippen MR) is 132 cm³/mol. The Morgan fingerprint density at radius 2 is 1.95 bits per heavy atom. The number of alkyl halides is 5. The molecule has 2 atom stereocenters. The SMILES string of the molecule is CC(NC(=O)C(=O)N1CC[C@]2(COc3c(c(Cl)n(C)c3C(=O)Nc3ccc(F)c(C(F)F)c3)SN2)C1)C(F)(F)F. The molecule has 2 aromatic rings. The summed E-state index contributed by atoms with van der Waals surface area (Å²) < 4.78 is 88.5. The molecule has 40 heavy (non-hydrogen) atoms. The van der Waals surface area contributed by atoms with Crippen molar-refractivity contribution in [2.75, 3.05) is 25.0 Å². The number of carbonyl (C=O) groups is 3. The number of nitrogens with one attached hydrogen (secondary N) is 3. The van der Waals surface area contributed by atoms with Gasteiger partial charge in [-0.1, -0.05) is 11.6 Å². The highest BCUT2D eigenvalue weighted by molar-refractivity contribution is 7.97. The summed E-state index contributed by atoms with van der Waals surface area (Å²) in [7, 11) is 1.47. The van der Waals surface area contributed by atoms with Gasteiger partial charge in [-0.3, -0.25) is 14.4 Å². The molecule has 0 saturated carbocycles. The smallest absolute Gasteiger partial charge is 0.408 e. The van der Waals surface area contributed by atoms with Crippen molar-refractivity contribution in [3.05, 3.63) is 40.4 Å². The summed E-state index contributed by atoms with van der Waals surface area (Å²) >= 11 is 7.42. The lowest BCUT2D eigenvalue weighted by molar-refractivity contribution is -0.162. The summed E-state index contributed by atoms with van der Waals surface area (Å²) in [5.74, 6) is -4.39. The third-order valence-corrected chi connectivity index (χ3v) is 8.15. The van der Waals surface area contributed by atoms with Crippen molar-refractivity contribution in [1.29, 1.82) is 0 Å². The molecule has 218 valence electrons. The van der Waals surface area contributed by atoms with Gasteiger partial charge in [-0.15, -0.1) is 0 Å². The molecule has 3 N–H and O–H groups in total. The first kappa shape index (κ1) is 29.9. The average Bonchev–Trinajstić information content (AvgIpc) is 3.33. The molecule has 1 fully saturated rings. The first-order valence-corrected chi connectivity index (χ1v) is 12.8. The molecule has 1 spiro atoms. The third-order valence-electron chi connectivity index (χ3n) is 6.48. The molecule has 0 bridgehead atoms. The Kier molecular flexibility index (Phi) is 8.25. The fraction of sp³-hybridized carbons (Fsp3) is 0.435. The van der Waals surface area contributed by atoms with E-state index in [2.05, 4.69) is 10.0 Å². The van der Waals surface area contributed by atoms with Gasteiger partial charge in [0.25, 0.3) is 12.3 Å². The van der Waals surface area contributed by atoms with Gasteiger partial charge < -0.3 is 24.8 Å². The zero-order valence-corrected chi connectivity index (χ0v) is 22.4. The van der Waals surface area contributed by atoms with Gasteiger partial charge in [0.05, 0.1) is 11.1 Å². The molecule has 1 aromatic heterocycles. The summed E-state index contributed by atoms with van der Waals surface area (Å²) in [4.78, 5) is 39.1. The van der Waals surface area contributed by atoms with E-state index in [1.54, 1.807) is 5.32 Å². The van der Waals surface area contributed by atoms with Crippen LogP contribution in [0, 0.1) is 5.82 Å². The van der Waals surface area contributed by atoms with Crippen LogP contribution in [0.15, 0.2) is 23.1 Å². The van der Waals surface area contributed by atoms with E-state index in [1.807, 2.05) is 0 Å². The molecule has 3 amide bonds. The lowest BCUT2D eigenvalue weighted by atomic mass is 10.0. The molecular weight excluding hydrogens is 592 g/mol. The maximum Gasteiger partial charge on any atom is 0.408 e. The van der Waals surface area contributed by atoms with E-state index in [1.165, 1.54) is 11.6 Å². The molecule has 1 saturated heterocycles. The topological polar surface area (TPSA) is 105 Å². The highest BCUT2D eigenvalue weighted by atomic mass is 35.5. The van der Waals surface area contributed by atoms with Gasteiger partial charge >= 0.3 is 18.0 Å². The number of rotatable bonds is 4. The molecule has 2 aliphatic rings. The van der Waals surface area contributed by atoms with Crippen LogP contribution in [0.2, 0.25) is 5.15 Å². The van der Waals surface area contributed by atoms with E-state index < -0.39 is 53.3 Å². The quantitative estimate of drug-likeness (QED) is 0.273. The van der Waals surface area contributed by atoms with Crippen LogP contribution >= 0.6 is 23.5 Å². The molecule has 1 unspecified atom stereocenters. The molecule has 0 radical (unpaired) electrons. The molecular formula is C23H22ClF6N5O4S. The van der Waals surface area contributed by atoms with Crippen LogP contribution in [0.1, 0.15) is 35.8 Å². The molecule has 1 aromatic carbocycles. The fourth-order valence-electron chi connectivity index (χ4n) is 4.19. The number of halogens is 7. The Morgan fingerprint density at radius 3 is 2.60 bits per heavy atom. The highest BCUT2D eigenvalue weighted by Gasteiger charge is 2.46. The van der Waals surface area contributed by atoms with Crippen LogP contribution in [0.5, 0.6) is 5.75 Å². The number of carbonyl (C=O) groups excluding carboxylic acids is 3. The van der Waals surface area contributed by atoms with E-state index in [-0.39, 0.29) is 48.4 Å². The maximum atomic E-state index is 13.7. The molecule has 9 nitrogen and oxygen atoms in total. The lowest BCUT2D eigenvalue weighted by Crippen LogP contribution is -2.52. The van der Waals surface area contributed by atoms with Gasteiger partial charge in [0, 0.05) is 25.8 Å². The standard InChI is InChI=1S/C23H22ClF6N5O4S/c1-10(23(28,29)30)31-20(37)21(38)35-6-5-22(8-35)9-39-15-14(34(2)17(24)16(15)40-33-22)19(36)32-11-3-4-13(25)12(7-11)18(26)27/h3-4,7,10,18,33H,5-6,8-9H2,1-2H3,(H,31,37)(H,32,36)/t10?,22-/m1/s1. The van der Waals surface area contributed by atoms with Crippen LogP contribution in [0.25, 0.3) is 0 Å². The number of likely N-dealkylation sites (tertiary alicyclic amines) is 1. The summed E-state index contributed by atoms with van der Waals surface area (Å²) in [6, 6.07) is 0.509. The van der Waals surface area contributed by atoms with Crippen molar-refractivity contribution >= 4 is 47.0 Å². The number of amides is 3. The van der Waals surface area contributed by atoms with Crippen molar-refractivity contribution in [3.63, 3.8) is 0 Å². The second kappa shape index (κ2) is 11.0. The molecule has 3 heterocycles. The van der Waals surface area contributed by atoms with Crippen LogP contribution in [0.3, 0.4) is 0 Å². The zero-order chi connectivity index (χ0) is 29.6. The Labute approximate surface area is 232 Å². The van der Waals surface area contributed by atoms with Gasteiger partial charge in [-0.2, -0.15) is 13.2 Å². The third kappa shape index (κ3) is 5.83. The average molecular weight is 614 g/mol. The number of hydrogen-bond donors (Lipinski definition) is 3. The minimum absolute atomic E-state index is 0.0414. The minimum atomic E-state index is -4.72. The number of aromatic nitrogens is 1. The molecule has 4 rings (SSSR count). The summed E-state index contributed by atoms with van der Waals surface area (Å²) in [6.07, 6.45) is -7.56. The van der Waals surface area contributed by atoms with E-state index in [0.29, 0.717) is 4.90 Å². The van der Waals surface area contributed by atoms with Gasteiger partial charge in [0.2, 0.25) is 0 Å². The largest absolute Gasteiger partial charge is 0.488 e. The maximum absolute atomic E-state index is 13.7. The molecule has 2 aliphatic heterocycles. The van der Waals surface area contributed by atoms with Crippen LogP contribution in [0.4, 0.5) is 32.0 Å². The Morgan fingerprint density at radius 1 is 1.25 bits per heavy atom. The van der Waals surface area contributed by atoms with E-state index in [4.69, 9.17) is 16.3 Å². The molecule has 0 aliphatic carbocycles. The summed E-state index contributed by atoms with van der Waals surface area (Å²) in [5, 5.41) is 4.15. The molecule has 17 heteroatoms. The number of fused-ring (bicyclic) bond motifs is 1. The predicted octanol–water partition coefficient (Wildman–Crippen LogP) is 4.03. The van der Waals surface area contributed by atoms with Gasteiger partial charge in [0.15, 0.2) is 11.4 Å². The van der Waals surface area contributed by atoms with Crippen LogP contribution < -0.4 is 20.1 Å². The van der Waals surface area contributed by atoms with Crippen molar-refractivity contribution in [2.24, 2.45) is 7.05 Å². The summed E-state index contributed by atoms with van der Waals surface area (Å²) in [6.45, 7) is 0.550. The number of benzene rings is 1. The lowest BCUT2D eigenvalue weighted by Gasteiger charge is -2.27. The monoisotopic (exact) mass is 613 g/mol. The normalized spacial score (nSPS) is 19.7. The Hall–Kier alpha value is -3.11. The minimum Gasteiger partial charge on any atom is -0.488 e. The zero-order valence-electron chi connectivity index (χ0n) is 20.8. The van der Waals surface area contributed by atoms with E-state index in [9.17, 15) is 40.7 Å². The number of ether oxygens (including phenoxy) is 1. The van der Waals surface area contributed by atoms with Crippen LogP contribution in [-0.2, 0) is 16.6 Å². The van der Waals surface area contributed by atoms with Crippen molar-refractivity contribution in [2.45, 2.75) is 42.4 Å². The van der Waals surface area contributed by atoms with Crippen molar-refractivity contribution < 1.29 is 45.5 Å². The van der Waals surface area contributed by atoms with Gasteiger partial charge in [-0.25, -0.2) is 17.9 Å².